The molecule has 0 aliphatic heterocycles. The van der Waals surface area contributed by atoms with Crippen molar-refractivity contribution in [1.82, 2.24) is 0 Å². The molecule has 2 N–H and O–H groups in total. The van der Waals surface area contributed by atoms with Gasteiger partial charge in [0, 0.05) is 11.6 Å². The molecule has 0 heterocycles. The molecule has 0 spiro atoms. The maximum absolute atomic E-state index is 12.9. The SMILES string of the molecule is C=CCC[C@H](N)c1ccc(F)cc1[N+](=O)[O-].Cl. The third kappa shape index (κ3) is 4.13. The summed E-state index contributed by atoms with van der Waals surface area (Å²) in [5, 5.41) is 10.7. The fourth-order valence-electron chi connectivity index (χ4n) is 1.44. The third-order valence-corrected chi connectivity index (χ3v) is 2.27. The Kier molecular flexibility index (Phi) is 6.38. The number of rotatable bonds is 5. The summed E-state index contributed by atoms with van der Waals surface area (Å²) in [6.45, 7) is 3.55. The highest BCUT2D eigenvalue weighted by atomic mass is 35.5. The van der Waals surface area contributed by atoms with Gasteiger partial charge < -0.3 is 5.73 Å². The normalized spacial score (nSPS) is 11.4. The van der Waals surface area contributed by atoms with Crippen LogP contribution in [0.1, 0.15) is 24.4 Å². The van der Waals surface area contributed by atoms with Crippen molar-refractivity contribution in [3.05, 3.63) is 52.3 Å². The lowest BCUT2D eigenvalue weighted by Gasteiger charge is -2.10. The molecular formula is C11H14ClFN2O2. The van der Waals surface area contributed by atoms with E-state index in [0.29, 0.717) is 18.4 Å². The minimum Gasteiger partial charge on any atom is -0.324 e. The molecule has 4 nitrogen and oxygen atoms in total. The molecule has 0 unspecified atom stereocenters. The van der Waals surface area contributed by atoms with Crippen LogP contribution in [0.15, 0.2) is 30.9 Å². The maximum atomic E-state index is 12.9. The van der Waals surface area contributed by atoms with Crippen molar-refractivity contribution in [3.8, 4) is 0 Å². The van der Waals surface area contributed by atoms with E-state index < -0.39 is 16.8 Å². The van der Waals surface area contributed by atoms with E-state index in [-0.39, 0.29) is 18.1 Å². The largest absolute Gasteiger partial charge is 0.324 e. The average molecular weight is 261 g/mol. The Morgan fingerprint density at radius 1 is 1.59 bits per heavy atom. The van der Waals surface area contributed by atoms with Crippen molar-refractivity contribution in [2.24, 2.45) is 5.73 Å². The zero-order chi connectivity index (χ0) is 12.1. The lowest BCUT2D eigenvalue weighted by atomic mass is 10.0. The molecule has 94 valence electrons. The molecule has 6 heteroatoms. The van der Waals surface area contributed by atoms with E-state index in [1.165, 1.54) is 12.1 Å². The highest BCUT2D eigenvalue weighted by molar-refractivity contribution is 5.85. The first-order chi connectivity index (χ1) is 7.56. The zero-order valence-electron chi connectivity index (χ0n) is 9.14. The summed E-state index contributed by atoms with van der Waals surface area (Å²) in [5.74, 6) is -0.633. The first-order valence-corrected chi connectivity index (χ1v) is 4.86. The standard InChI is InChI=1S/C11H13FN2O2.ClH/c1-2-3-4-10(13)9-6-5-8(12)7-11(9)14(15)16;/h2,5-7,10H,1,3-4,13H2;1H/t10-;/m0./s1. The number of nitro benzene ring substituents is 1. The average Bonchev–Trinajstić information content (AvgIpc) is 2.25. The first kappa shape index (κ1) is 15.5. The molecular weight excluding hydrogens is 247 g/mol. The number of nitrogens with two attached hydrogens (primary N) is 1. The Balaban J connectivity index is 0.00000256. The van der Waals surface area contributed by atoms with Crippen LogP contribution in [0.4, 0.5) is 10.1 Å². The Hall–Kier alpha value is -1.46. The summed E-state index contributed by atoms with van der Waals surface area (Å²) < 4.78 is 12.9. The lowest BCUT2D eigenvalue weighted by molar-refractivity contribution is -0.385. The molecule has 1 aromatic rings. The molecule has 0 amide bonds. The van der Waals surface area contributed by atoms with Gasteiger partial charge in [0.15, 0.2) is 0 Å². The van der Waals surface area contributed by atoms with Crippen LogP contribution in [-0.4, -0.2) is 4.92 Å². The van der Waals surface area contributed by atoms with Crippen LogP contribution in [0.5, 0.6) is 0 Å². The molecule has 1 rings (SSSR count). The zero-order valence-corrected chi connectivity index (χ0v) is 9.95. The fourth-order valence-corrected chi connectivity index (χ4v) is 1.44. The highest BCUT2D eigenvalue weighted by Gasteiger charge is 2.19. The summed E-state index contributed by atoms with van der Waals surface area (Å²) in [5.41, 5.74) is 5.88. The minimum atomic E-state index is -0.633. The van der Waals surface area contributed by atoms with Gasteiger partial charge in [-0.15, -0.1) is 19.0 Å². The molecule has 17 heavy (non-hydrogen) atoms. The van der Waals surface area contributed by atoms with E-state index in [2.05, 4.69) is 6.58 Å². The molecule has 0 radical (unpaired) electrons. The predicted molar refractivity (Wildman–Crippen MR) is 66.7 cm³/mol. The maximum Gasteiger partial charge on any atom is 0.277 e. The van der Waals surface area contributed by atoms with Gasteiger partial charge in [0.2, 0.25) is 0 Å². The van der Waals surface area contributed by atoms with Crippen molar-refractivity contribution < 1.29 is 9.31 Å². The number of benzene rings is 1. The van der Waals surface area contributed by atoms with E-state index in [4.69, 9.17) is 5.73 Å². The highest BCUT2D eigenvalue weighted by Crippen LogP contribution is 2.27. The van der Waals surface area contributed by atoms with Gasteiger partial charge >= 0.3 is 0 Å². The molecule has 1 atom stereocenters. The van der Waals surface area contributed by atoms with E-state index >= 15 is 0 Å². The van der Waals surface area contributed by atoms with Crippen molar-refractivity contribution in [2.75, 3.05) is 0 Å². The van der Waals surface area contributed by atoms with Crippen molar-refractivity contribution >= 4 is 18.1 Å². The second-order valence-corrected chi connectivity index (χ2v) is 3.43. The molecule has 0 aliphatic carbocycles. The quantitative estimate of drug-likeness (QED) is 0.502. The van der Waals surface area contributed by atoms with Gasteiger partial charge in [0.25, 0.3) is 5.69 Å². The van der Waals surface area contributed by atoms with E-state index in [1.54, 1.807) is 6.08 Å². The molecule has 0 bridgehead atoms. The van der Waals surface area contributed by atoms with Gasteiger partial charge in [-0.3, -0.25) is 10.1 Å². The van der Waals surface area contributed by atoms with E-state index in [1.807, 2.05) is 0 Å². The van der Waals surface area contributed by atoms with Gasteiger partial charge in [-0.05, 0) is 25.0 Å². The monoisotopic (exact) mass is 260 g/mol. The summed E-state index contributed by atoms with van der Waals surface area (Å²) in [6.07, 6.45) is 2.90. The van der Waals surface area contributed by atoms with Crippen LogP contribution in [0.2, 0.25) is 0 Å². The number of hydrogen-bond donors (Lipinski definition) is 1. The van der Waals surface area contributed by atoms with Gasteiger partial charge in [-0.25, -0.2) is 4.39 Å². The molecule has 1 aromatic carbocycles. The van der Waals surface area contributed by atoms with E-state index in [9.17, 15) is 14.5 Å². The van der Waals surface area contributed by atoms with Crippen LogP contribution < -0.4 is 5.73 Å². The number of nitro groups is 1. The van der Waals surface area contributed by atoms with Crippen LogP contribution in [0.25, 0.3) is 0 Å². The number of nitrogens with zero attached hydrogens (tertiary/aromatic N) is 1. The molecule has 0 fully saturated rings. The third-order valence-electron chi connectivity index (χ3n) is 2.27. The van der Waals surface area contributed by atoms with Gasteiger partial charge in [0.1, 0.15) is 5.82 Å². The van der Waals surface area contributed by atoms with Crippen LogP contribution in [0.3, 0.4) is 0 Å². The second kappa shape index (κ2) is 6.98. The lowest BCUT2D eigenvalue weighted by Crippen LogP contribution is -2.12. The minimum absolute atomic E-state index is 0. The molecule has 0 saturated carbocycles. The number of allylic oxidation sites excluding steroid dienone is 1. The van der Waals surface area contributed by atoms with Gasteiger partial charge in [-0.2, -0.15) is 0 Å². The Labute approximate surface area is 105 Å². The van der Waals surface area contributed by atoms with Gasteiger partial charge in [-0.1, -0.05) is 6.08 Å². The number of hydrogen-bond acceptors (Lipinski definition) is 3. The molecule has 0 saturated heterocycles. The Morgan fingerprint density at radius 3 is 2.76 bits per heavy atom. The topological polar surface area (TPSA) is 69.2 Å². The first-order valence-electron chi connectivity index (χ1n) is 4.86. The fraction of sp³-hybridized carbons (Fsp3) is 0.273. The molecule has 0 aromatic heterocycles. The predicted octanol–water partition coefficient (Wildman–Crippen LogP) is 3.12. The van der Waals surface area contributed by atoms with Gasteiger partial charge in [0.05, 0.1) is 11.0 Å². The summed E-state index contributed by atoms with van der Waals surface area (Å²) in [4.78, 5) is 10.1. The van der Waals surface area contributed by atoms with Crippen LogP contribution in [-0.2, 0) is 0 Å². The summed E-state index contributed by atoms with van der Waals surface area (Å²) in [6, 6.07) is 2.96. The molecule has 0 aliphatic rings. The van der Waals surface area contributed by atoms with Crippen molar-refractivity contribution in [1.29, 1.82) is 0 Å². The smallest absolute Gasteiger partial charge is 0.277 e. The van der Waals surface area contributed by atoms with E-state index in [0.717, 1.165) is 6.07 Å². The van der Waals surface area contributed by atoms with Crippen LogP contribution in [0, 0.1) is 15.9 Å². The van der Waals surface area contributed by atoms with Crippen molar-refractivity contribution in [3.63, 3.8) is 0 Å². The second-order valence-electron chi connectivity index (χ2n) is 3.43. The number of halogens is 2. The Bertz CT molecular complexity index is 412. The summed E-state index contributed by atoms with van der Waals surface area (Å²) >= 11 is 0. The van der Waals surface area contributed by atoms with Crippen molar-refractivity contribution in [2.45, 2.75) is 18.9 Å². The Morgan fingerprint density at radius 2 is 2.24 bits per heavy atom. The van der Waals surface area contributed by atoms with Crippen LogP contribution >= 0.6 is 12.4 Å². The summed E-state index contributed by atoms with van der Waals surface area (Å²) in [7, 11) is 0.